The molecule has 2 aromatic carbocycles. The van der Waals surface area contributed by atoms with Crippen LogP contribution in [0.15, 0.2) is 65.8 Å². The summed E-state index contributed by atoms with van der Waals surface area (Å²) in [5.41, 5.74) is 2.39. The molecule has 0 heterocycles. The number of hydrogen-bond donors (Lipinski definition) is 3. The molecule has 178 valence electrons. The maximum Gasteiger partial charge on any atom is 0.326 e. The average molecular weight is 522 g/mol. The van der Waals surface area contributed by atoms with Gasteiger partial charge in [-0.05, 0) is 48.2 Å². The molecule has 9 heteroatoms. The van der Waals surface area contributed by atoms with Crippen LogP contribution in [-0.4, -0.2) is 34.3 Å². The summed E-state index contributed by atoms with van der Waals surface area (Å²) in [4.78, 5) is 37.2. The number of aliphatic carboxylic acids is 1. The van der Waals surface area contributed by atoms with Crippen LogP contribution in [0.2, 0.25) is 10.0 Å². The largest absolute Gasteiger partial charge is 0.480 e. The van der Waals surface area contributed by atoms with Crippen molar-refractivity contribution in [2.24, 2.45) is 5.92 Å². The molecule has 0 saturated carbocycles. The number of benzene rings is 2. The van der Waals surface area contributed by atoms with E-state index in [9.17, 15) is 19.5 Å². The molecular weight excluding hydrogens is 499 g/mol. The lowest BCUT2D eigenvalue weighted by atomic mass is 9.90. The number of carbonyl (C=O) groups is 3. The first kappa shape index (κ1) is 25.8. The fraction of sp³-hybridized carbons (Fsp3) is 0.240. The number of amides is 2. The first-order valence-corrected chi connectivity index (χ1v) is 11.7. The van der Waals surface area contributed by atoms with Gasteiger partial charge >= 0.3 is 5.97 Å². The van der Waals surface area contributed by atoms with E-state index in [-0.39, 0.29) is 27.9 Å². The lowest BCUT2D eigenvalue weighted by Gasteiger charge is -2.25. The van der Waals surface area contributed by atoms with Gasteiger partial charge in [0.05, 0.1) is 21.0 Å². The van der Waals surface area contributed by atoms with Gasteiger partial charge in [0.15, 0.2) is 0 Å². The minimum absolute atomic E-state index is 0.0437. The number of anilines is 1. The molecule has 34 heavy (non-hydrogen) atoms. The Balaban J connectivity index is 1.69. The van der Waals surface area contributed by atoms with E-state index in [1.165, 1.54) is 0 Å². The monoisotopic (exact) mass is 520 g/mol. The van der Waals surface area contributed by atoms with Crippen molar-refractivity contribution in [3.8, 4) is 0 Å². The lowest BCUT2D eigenvalue weighted by Crippen LogP contribution is -2.44. The van der Waals surface area contributed by atoms with Gasteiger partial charge in [-0.1, -0.05) is 60.5 Å². The molecule has 3 rings (SSSR count). The summed E-state index contributed by atoms with van der Waals surface area (Å²) in [6.07, 6.45) is 3.78. The SMILES string of the molecule is CC1=C(C(=O)NC(Cc2ccc(NC(=O)c3c(Cl)cccc3Cl)cc2)C(=O)O)C(Cl)C(C)C=C1. The van der Waals surface area contributed by atoms with Crippen LogP contribution in [0.4, 0.5) is 5.69 Å². The topological polar surface area (TPSA) is 95.5 Å². The quantitative estimate of drug-likeness (QED) is 0.420. The molecular formula is C25H23Cl3N2O4. The van der Waals surface area contributed by atoms with Crippen molar-refractivity contribution in [3.05, 3.63) is 86.9 Å². The second-order valence-corrected chi connectivity index (χ2v) is 9.32. The molecule has 0 saturated heterocycles. The third-order valence-corrected chi connectivity index (χ3v) is 6.75. The highest BCUT2D eigenvalue weighted by molar-refractivity contribution is 6.40. The molecule has 1 aliphatic carbocycles. The predicted molar refractivity (Wildman–Crippen MR) is 135 cm³/mol. The number of rotatable bonds is 7. The van der Waals surface area contributed by atoms with Crippen molar-refractivity contribution in [2.45, 2.75) is 31.7 Å². The van der Waals surface area contributed by atoms with Crippen LogP contribution in [0.25, 0.3) is 0 Å². The summed E-state index contributed by atoms with van der Waals surface area (Å²) in [6, 6.07) is 10.2. The molecule has 0 spiro atoms. The van der Waals surface area contributed by atoms with Gasteiger partial charge in [0.25, 0.3) is 5.91 Å². The molecule has 0 aromatic heterocycles. The Morgan fingerprint density at radius 3 is 2.24 bits per heavy atom. The zero-order valence-electron chi connectivity index (χ0n) is 18.4. The van der Waals surface area contributed by atoms with Gasteiger partial charge in [-0.3, -0.25) is 9.59 Å². The van der Waals surface area contributed by atoms with Gasteiger partial charge in [-0.25, -0.2) is 4.79 Å². The molecule has 6 nitrogen and oxygen atoms in total. The first-order valence-electron chi connectivity index (χ1n) is 10.5. The second kappa shape index (κ2) is 11.1. The maximum absolute atomic E-state index is 12.8. The number of carboxylic acids is 1. The van der Waals surface area contributed by atoms with Crippen molar-refractivity contribution in [3.63, 3.8) is 0 Å². The lowest BCUT2D eigenvalue weighted by molar-refractivity contribution is -0.141. The van der Waals surface area contributed by atoms with Crippen molar-refractivity contribution in [1.82, 2.24) is 5.32 Å². The van der Waals surface area contributed by atoms with E-state index in [2.05, 4.69) is 10.6 Å². The van der Waals surface area contributed by atoms with Gasteiger partial charge in [-0.15, -0.1) is 11.6 Å². The fourth-order valence-electron chi connectivity index (χ4n) is 3.57. The Bertz CT molecular complexity index is 1150. The Labute approximate surface area is 212 Å². The molecule has 3 unspecified atom stereocenters. The number of allylic oxidation sites excluding steroid dienone is 3. The van der Waals surface area contributed by atoms with E-state index < -0.39 is 29.2 Å². The Kier molecular flexibility index (Phi) is 8.42. The predicted octanol–water partition coefficient (Wildman–Crippen LogP) is 5.49. The van der Waals surface area contributed by atoms with E-state index in [0.717, 1.165) is 0 Å². The van der Waals surface area contributed by atoms with Crippen molar-refractivity contribution >= 4 is 58.3 Å². The maximum atomic E-state index is 12.8. The third kappa shape index (κ3) is 6.00. The van der Waals surface area contributed by atoms with Crippen molar-refractivity contribution < 1.29 is 19.5 Å². The van der Waals surface area contributed by atoms with Crippen LogP contribution in [0.3, 0.4) is 0 Å². The Morgan fingerprint density at radius 2 is 1.65 bits per heavy atom. The molecule has 0 bridgehead atoms. The third-order valence-electron chi connectivity index (χ3n) is 5.50. The van der Waals surface area contributed by atoms with Crippen LogP contribution in [0.5, 0.6) is 0 Å². The highest BCUT2D eigenvalue weighted by Gasteiger charge is 2.30. The zero-order valence-corrected chi connectivity index (χ0v) is 20.7. The molecule has 3 atom stereocenters. The summed E-state index contributed by atoms with van der Waals surface area (Å²) < 4.78 is 0. The van der Waals surface area contributed by atoms with Crippen molar-refractivity contribution in [2.75, 3.05) is 5.32 Å². The standard InChI is InChI=1S/C25H23Cl3N2O4/c1-13-6-7-14(2)22(28)20(13)23(31)30-19(25(33)34)12-15-8-10-16(11-9-15)29-24(32)21-17(26)4-3-5-18(21)27/h3-11,14,19,22H,12H2,1-2H3,(H,29,32)(H,30,31)(H,33,34). The zero-order chi connectivity index (χ0) is 25.0. The second-order valence-electron chi connectivity index (χ2n) is 8.03. The average Bonchev–Trinajstić information content (AvgIpc) is 2.77. The highest BCUT2D eigenvalue weighted by Crippen LogP contribution is 2.29. The Morgan fingerprint density at radius 1 is 1.03 bits per heavy atom. The number of nitrogens with one attached hydrogen (secondary N) is 2. The minimum atomic E-state index is -1.16. The molecule has 1 aliphatic rings. The summed E-state index contributed by atoms with van der Waals surface area (Å²) >= 11 is 18.6. The normalized spacial score (nSPS) is 18.4. The summed E-state index contributed by atoms with van der Waals surface area (Å²) in [5, 5.41) is 14.9. The molecule has 0 radical (unpaired) electrons. The summed E-state index contributed by atoms with van der Waals surface area (Å²) in [5.74, 6) is -2.17. The van der Waals surface area contributed by atoms with Gasteiger partial charge < -0.3 is 15.7 Å². The molecule has 2 aromatic rings. The van der Waals surface area contributed by atoms with Crippen LogP contribution in [-0.2, 0) is 16.0 Å². The summed E-state index contributed by atoms with van der Waals surface area (Å²) in [7, 11) is 0. The van der Waals surface area contributed by atoms with Crippen molar-refractivity contribution in [1.29, 1.82) is 0 Å². The number of carbonyl (C=O) groups excluding carboxylic acids is 2. The fourth-order valence-corrected chi connectivity index (χ4v) is 4.50. The smallest absolute Gasteiger partial charge is 0.326 e. The minimum Gasteiger partial charge on any atom is -0.480 e. The van der Waals surface area contributed by atoms with E-state index in [1.807, 2.05) is 19.1 Å². The first-order chi connectivity index (χ1) is 16.1. The molecule has 3 N–H and O–H groups in total. The van der Waals surface area contributed by atoms with E-state index in [1.54, 1.807) is 49.4 Å². The Hall–Kier alpha value is -2.80. The van der Waals surface area contributed by atoms with Crippen LogP contribution in [0, 0.1) is 5.92 Å². The number of carboxylic acid groups (broad SMARTS) is 1. The molecule has 0 aliphatic heterocycles. The van der Waals surface area contributed by atoms with Gasteiger partial charge in [0.1, 0.15) is 6.04 Å². The molecule has 0 fully saturated rings. The highest BCUT2D eigenvalue weighted by atomic mass is 35.5. The van der Waals surface area contributed by atoms with Gasteiger partial charge in [0.2, 0.25) is 5.91 Å². The van der Waals surface area contributed by atoms with Crippen LogP contribution >= 0.6 is 34.8 Å². The summed E-state index contributed by atoms with van der Waals surface area (Å²) in [6.45, 7) is 3.66. The van der Waals surface area contributed by atoms with E-state index >= 15 is 0 Å². The number of halogens is 3. The molecule has 2 amide bonds. The van der Waals surface area contributed by atoms with Crippen LogP contribution < -0.4 is 10.6 Å². The number of alkyl halides is 1. The van der Waals surface area contributed by atoms with Gasteiger partial charge in [0, 0.05) is 17.7 Å². The number of hydrogen-bond acceptors (Lipinski definition) is 3. The van der Waals surface area contributed by atoms with Gasteiger partial charge in [-0.2, -0.15) is 0 Å². The van der Waals surface area contributed by atoms with Crippen LogP contribution in [0.1, 0.15) is 29.8 Å². The van der Waals surface area contributed by atoms with E-state index in [0.29, 0.717) is 22.4 Å². The van der Waals surface area contributed by atoms with E-state index in [4.69, 9.17) is 34.8 Å².